The van der Waals surface area contributed by atoms with Gasteiger partial charge in [0.25, 0.3) is 5.91 Å². The lowest BCUT2D eigenvalue weighted by molar-refractivity contribution is 0.0954. The Morgan fingerprint density at radius 1 is 1.48 bits per heavy atom. The molecule has 21 heavy (non-hydrogen) atoms. The summed E-state index contributed by atoms with van der Waals surface area (Å²) in [5.41, 5.74) is 7.04. The number of amides is 1. The second-order valence-corrected chi connectivity index (χ2v) is 6.56. The van der Waals surface area contributed by atoms with Crippen LogP contribution in [0.1, 0.15) is 22.5 Å². The summed E-state index contributed by atoms with van der Waals surface area (Å²) in [6, 6.07) is 2.10. The average Bonchev–Trinajstić information content (AvgIpc) is 2.94. The monoisotopic (exact) mass is 365 g/mol. The van der Waals surface area contributed by atoms with E-state index in [1.165, 1.54) is 24.2 Å². The lowest BCUT2D eigenvalue weighted by Crippen LogP contribution is -2.38. The lowest BCUT2D eigenvalue weighted by Gasteiger charge is -2.10. The second-order valence-electron chi connectivity index (χ2n) is 4.75. The normalized spacial score (nSPS) is 14.7. The first-order chi connectivity index (χ1) is 9.24. The van der Waals surface area contributed by atoms with Crippen molar-refractivity contribution in [2.45, 2.75) is 18.9 Å². The Morgan fingerprint density at radius 2 is 2.24 bits per heavy atom. The molecule has 0 bridgehead atoms. The van der Waals surface area contributed by atoms with Gasteiger partial charge in [-0.05, 0) is 30.2 Å². The predicted molar refractivity (Wildman–Crippen MR) is 93.0 cm³/mol. The Kier molecular flexibility index (Phi) is 7.09. The van der Waals surface area contributed by atoms with Gasteiger partial charge in [-0.3, -0.25) is 4.79 Å². The molecule has 0 radical (unpaired) electrons. The Morgan fingerprint density at radius 3 is 2.86 bits per heavy atom. The summed E-state index contributed by atoms with van der Waals surface area (Å²) in [7, 11) is 0. The summed E-state index contributed by atoms with van der Waals surface area (Å²) >= 11 is 3.04. The van der Waals surface area contributed by atoms with Gasteiger partial charge in [-0.2, -0.15) is 11.3 Å². The molecule has 8 heteroatoms. The maximum atomic E-state index is 12.0. The Bertz CT molecular complexity index is 570. The number of carbonyl (C=O) groups is 1. The van der Waals surface area contributed by atoms with Gasteiger partial charge in [0.1, 0.15) is 9.88 Å². The highest BCUT2D eigenvalue weighted by molar-refractivity contribution is 7.17. The van der Waals surface area contributed by atoms with Crippen molar-refractivity contribution in [2.75, 3.05) is 6.54 Å². The SMILES string of the molecule is Cl.Cl.NC(CNC(=O)c1cnc(-c2ccsc2)s1)C1CC1. The molecule has 1 unspecified atom stereocenters. The molecule has 1 aliphatic rings. The molecule has 1 fully saturated rings. The fraction of sp³-hybridized carbons (Fsp3) is 0.385. The van der Waals surface area contributed by atoms with Gasteiger partial charge in [-0.25, -0.2) is 4.98 Å². The molecule has 0 spiro atoms. The first-order valence-corrected chi connectivity index (χ1v) is 8.02. The van der Waals surface area contributed by atoms with Gasteiger partial charge < -0.3 is 11.1 Å². The van der Waals surface area contributed by atoms with Crippen LogP contribution in [-0.4, -0.2) is 23.5 Å². The molecular weight excluding hydrogens is 349 g/mol. The van der Waals surface area contributed by atoms with E-state index in [0.29, 0.717) is 17.3 Å². The zero-order valence-corrected chi connectivity index (χ0v) is 14.4. The maximum Gasteiger partial charge on any atom is 0.263 e. The minimum absolute atomic E-state index is 0. The van der Waals surface area contributed by atoms with Crippen LogP contribution in [-0.2, 0) is 0 Å². The highest BCUT2D eigenvalue weighted by atomic mass is 35.5. The van der Waals surface area contributed by atoms with Crippen molar-refractivity contribution in [3.8, 4) is 10.6 Å². The van der Waals surface area contributed by atoms with Crippen molar-refractivity contribution in [3.05, 3.63) is 27.9 Å². The molecule has 3 N–H and O–H groups in total. The van der Waals surface area contributed by atoms with E-state index in [9.17, 15) is 4.79 Å². The summed E-state index contributed by atoms with van der Waals surface area (Å²) in [6.07, 6.45) is 4.02. The number of rotatable bonds is 5. The molecule has 2 aromatic rings. The predicted octanol–water partition coefficient (Wildman–Crippen LogP) is 3.18. The van der Waals surface area contributed by atoms with Gasteiger partial charge in [-0.15, -0.1) is 36.2 Å². The molecule has 4 nitrogen and oxygen atoms in total. The van der Waals surface area contributed by atoms with Crippen molar-refractivity contribution in [1.29, 1.82) is 0 Å². The number of thiophene rings is 1. The van der Waals surface area contributed by atoms with Crippen LogP contribution in [0.2, 0.25) is 0 Å². The molecule has 2 heterocycles. The number of aromatic nitrogens is 1. The Labute approximate surface area is 144 Å². The third-order valence-corrected chi connectivity index (χ3v) is 4.95. The molecule has 3 rings (SSSR count). The van der Waals surface area contributed by atoms with Gasteiger partial charge in [0.2, 0.25) is 0 Å². The average molecular weight is 366 g/mol. The van der Waals surface area contributed by atoms with E-state index < -0.39 is 0 Å². The first kappa shape index (κ1) is 18.4. The minimum Gasteiger partial charge on any atom is -0.350 e. The van der Waals surface area contributed by atoms with Gasteiger partial charge in [0, 0.05) is 23.5 Å². The zero-order chi connectivity index (χ0) is 13.2. The van der Waals surface area contributed by atoms with Crippen LogP contribution in [0.3, 0.4) is 0 Å². The van der Waals surface area contributed by atoms with Crippen LogP contribution in [0.5, 0.6) is 0 Å². The van der Waals surface area contributed by atoms with E-state index in [4.69, 9.17) is 5.73 Å². The van der Waals surface area contributed by atoms with Crippen molar-refractivity contribution >= 4 is 53.4 Å². The highest BCUT2D eigenvalue weighted by Crippen LogP contribution is 2.31. The number of nitrogens with one attached hydrogen (secondary N) is 1. The summed E-state index contributed by atoms with van der Waals surface area (Å²) < 4.78 is 0. The standard InChI is InChI=1S/C13H15N3OS2.2ClH/c14-10(8-1-2-8)5-15-12(17)11-6-16-13(19-11)9-3-4-18-7-9;;/h3-4,6-8,10H,1-2,5,14H2,(H,15,17);2*1H. The van der Waals surface area contributed by atoms with Gasteiger partial charge >= 0.3 is 0 Å². The van der Waals surface area contributed by atoms with E-state index in [1.807, 2.05) is 16.8 Å². The molecule has 1 aliphatic carbocycles. The van der Waals surface area contributed by atoms with Crippen molar-refractivity contribution in [1.82, 2.24) is 10.3 Å². The van der Waals surface area contributed by atoms with Crippen LogP contribution in [0, 0.1) is 5.92 Å². The molecule has 1 saturated carbocycles. The number of hydrogen-bond acceptors (Lipinski definition) is 5. The van der Waals surface area contributed by atoms with E-state index in [-0.39, 0.29) is 36.8 Å². The van der Waals surface area contributed by atoms with Crippen LogP contribution in [0.4, 0.5) is 0 Å². The largest absolute Gasteiger partial charge is 0.350 e. The van der Waals surface area contributed by atoms with Crippen molar-refractivity contribution < 1.29 is 4.79 Å². The topological polar surface area (TPSA) is 68.0 Å². The molecule has 1 amide bonds. The highest BCUT2D eigenvalue weighted by Gasteiger charge is 2.28. The van der Waals surface area contributed by atoms with Crippen LogP contribution in [0.15, 0.2) is 23.0 Å². The van der Waals surface area contributed by atoms with Crippen molar-refractivity contribution in [3.63, 3.8) is 0 Å². The number of carbonyl (C=O) groups excluding carboxylic acids is 1. The van der Waals surface area contributed by atoms with E-state index >= 15 is 0 Å². The van der Waals surface area contributed by atoms with Crippen LogP contribution in [0.25, 0.3) is 10.6 Å². The Hall–Kier alpha value is -0.660. The number of halogens is 2. The molecule has 0 aliphatic heterocycles. The third-order valence-electron chi connectivity index (χ3n) is 3.22. The summed E-state index contributed by atoms with van der Waals surface area (Å²) in [6.45, 7) is 0.551. The van der Waals surface area contributed by atoms with E-state index in [1.54, 1.807) is 17.5 Å². The van der Waals surface area contributed by atoms with Crippen LogP contribution < -0.4 is 11.1 Å². The fourth-order valence-corrected chi connectivity index (χ4v) is 3.43. The van der Waals surface area contributed by atoms with Gasteiger partial charge in [-0.1, -0.05) is 0 Å². The van der Waals surface area contributed by atoms with Gasteiger partial charge in [0.05, 0.1) is 6.20 Å². The number of hydrogen-bond donors (Lipinski definition) is 2. The molecule has 116 valence electrons. The lowest BCUT2D eigenvalue weighted by atomic mass is 10.2. The summed E-state index contributed by atoms with van der Waals surface area (Å²) in [4.78, 5) is 16.9. The summed E-state index contributed by atoms with van der Waals surface area (Å²) in [5, 5.41) is 7.81. The number of nitrogens with zero attached hydrogens (tertiary/aromatic N) is 1. The van der Waals surface area contributed by atoms with Crippen LogP contribution >= 0.6 is 47.5 Å². The fourth-order valence-electron chi connectivity index (χ4n) is 1.89. The quantitative estimate of drug-likeness (QED) is 0.854. The maximum absolute atomic E-state index is 12.0. The van der Waals surface area contributed by atoms with Crippen molar-refractivity contribution in [2.24, 2.45) is 11.7 Å². The summed E-state index contributed by atoms with van der Waals surface area (Å²) in [5.74, 6) is 0.526. The molecule has 2 aromatic heterocycles. The molecule has 0 aromatic carbocycles. The third kappa shape index (κ3) is 4.66. The minimum atomic E-state index is -0.0740. The molecular formula is C13H17Cl2N3OS2. The number of thiazole rings is 1. The van der Waals surface area contributed by atoms with Gasteiger partial charge in [0.15, 0.2) is 0 Å². The second kappa shape index (κ2) is 8.10. The number of nitrogens with two attached hydrogens (primary N) is 1. The zero-order valence-electron chi connectivity index (χ0n) is 11.2. The Balaban J connectivity index is 0.00000110. The van der Waals surface area contributed by atoms with E-state index in [2.05, 4.69) is 10.3 Å². The first-order valence-electron chi connectivity index (χ1n) is 6.26. The molecule has 1 atom stereocenters. The molecule has 0 saturated heterocycles. The van der Waals surface area contributed by atoms with E-state index in [0.717, 1.165) is 10.6 Å². The smallest absolute Gasteiger partial charge is 0.263 e.